The molecule has 2 nitrogen and oxygen atoms in total. The fourth-order valence-corrected chi connectivity index (χ4v) is 2.88. The van der Waals surface area contributed by atoms with Crippen molar-refractivity contribution in [2.24, 2.45) is 18.4 Å². The van der Waals surface area contributed by atoms with E-state index in [0.29, 0.717) is 5.88 Å². The summed E-state index contributed by atoms with van der Waals surface area (Å²) in [6.07, 6.45) is 3.53. The second-order valence-electron chi connectivity index (χ2n) is 5.21. The van der Waals surface area contributed by atoms with Crippen LogP contribution in [0, 0.1) is 18.3 Å². The zero-order valence-electron chi connectivity index (χ0n) is 10.1. The van der Waals surface area contributed by atoms with Gasteiger partial charge in [-0.3, -0.25) is 4.68 Å². The van der Waals surface area contributed by atoms with Crippen molar-refractivity contribution in [1.82, 2.24) is 9.78 Å². The van der Waals surface area contributed by atoms with Crippen molar-refractivity contribution >= 4 is 23.2 Å². The fraction of sp³-hybridized carbons (Fsp3) is 0.750. The van der Waals surface area contributed by atoms with Crippen molar-refractivity contribution < 1.29 is 0 Å². The van der Waals surface area contributed by atoms with Gasteiger partial charge in [-0.05, 0) is 37.5 Å². The van der Waals surface area contributed by atoms with Crippen LogP contribution >= 0.6 is 23.2 Å². The Kier molecular flexibility index (Phi) is 3.24. The molecular formula is C12H18Cl2N2. The summed E-state index contributed by atoms with van der Waals surface area (Å²) in [6.45, 7) is 4.21. The van der Waals surface area contributed by atoms with Crippen LogP contribution in [-0.4, -0.2) is 15.7 Å². The summed E-state index contributed by atoms with van der Waals surface area (Å²) in [5.74, 6) is 1.45. The quantitative estimate of drug-likeness (QED) is 0.757. The van der Waals surface area contributed by atoms with E-state index in [2.05, 4.69) is 12.0 Å². The molecule has 16 heavy (non-hydrogen) atoms. The molecule has 1 saturated carbocycles. The van der Waals surface area contributed by atoms with Gasteiger partial charge in [-0.15, -0.1) is 11.6 Å². The molecule has 1 unspecified atom stereocenters. The normalized spacial score (nSPS) is 19.8. The van der Waals surface area contributed by atoms with Gasteiger partial charge in [0.05, 0.1) is 16.4 Å². The Hall–Kier alpha value is -0.210. The second-order valence-corrected chi connectivity index (χ2v) is 5.85. The first-order chi connectivity index (χ1) is 7.48. The second kappa shape index (κ2) is 4.23. The van der Waals surface area contributed by atoms with E-state index >= 15 is 0 Å². The number of rotatable bonds is 4. The lowest BCUT2D eigenvalue weighted by molar-refractivity contribution is 0.306. The van der Waals surface area contributed by atoms with Gasteiger partial charge in [0, 0.05) is 12.9 Å². The monoisotopic (exact) mass is 260 g/mol. The maximum Gasteiger partial charge on any atom is 0.0847 e. The molecule has 0 radical (unpaired) electrons. The van der Waals surface area contributed by atoms with Crippen LogP contribution in [0.2, 0.25) is 5.02 Å². The van der Waals surface area contributed by atoms with Crippen LogP contribution < -0.4 is 0 Å². The SMILES string of the molecule is Cc1nn(C)c(CC(C)(CCl)C2CC2)c1Cl. The predicted octanol–water partition coefficient (Wildman–Crippen LogP) is 3.58. The van der Waals surface area contributed by atoms with Crippen molar-refractivity contribution in [3.8, 4) is 0 Å². The van der Waals surface area contributed by atoms with Gasteiger partial charge >= 0.3 is 0 Å². The number of hydrogen-bond acceptors (Lipinski definition) is 1. The highest BCUT2D eigenvalue weighted by molar-refractivity contribution is 6.31. The third-order valence-corrected chi connectivity index (χ3v) is 4.80. The molecule has 1 fully saturated rings. The molecule has 0 spiro atoms. The van der Waals surface area contributed by atoms with Gasteiger partial charge < -0.3 is 0 Å². The first-order valence-electron chi connectivity index (χ1n) is 5.72. The molecule has 0 aromatic carbocycles. The maximum atomic E-state index is 6.28. The lowest BCUT2D eigenvalue weighted by atomic mass is 9.82. The third-order valence-electron chi connectivity index (χ3n) is 3.70. The van der Waals surface area contributed by atoms with Crippen LogP contribution in [0.3, 0.4) is 0 Å². The van der Waals surface area contributed by atoms with Gasteiger partial charge in [-0.25, -0.2) is 0 Å². The van der Waals surface area contributed by atoms with Gasteiger partial charge in [0.25, 0.3) is 0 Å². The van der Waals surface area contributed by atoms with Crippen LogP contribution in [0.5, 0.6) is 0 Å². The van der Waals surface area contributed by atoms with Crippen molar-refractivity contribution in [3.05, 3.63) is 16.4 Å². The Bertz CT molecular complexity index is 396. The van der Waals surface area contributed by atoms with E-state index in [1.165, 1.54) is 12.8 Å². The summed E-state index contributed by atoms with van der Waals surface area (Å²) < 4.78 is 1.89. The van der Waals surface area contributed by atoms with Gasteiger partial charge in [-0.1, -0.05) is 18.5 Å². The highest BCUT2D eigenvalue weighted by Gasteiger charge is 2.41. The number of aromatic nitrogens is 2. The van der Waals surface area contributed by atoms with Crippen molar-refractivity contribution in [2.45, 2.75) is 33.1 Å². The zero-order valence-corrected chi connectivity index (χ0v) is 11.6. The van der Waals surface area contributed by atoms with E-state index in [-0.39, 0.29) is 5.41 Å². The van der Waals surface area contributed by atoms with E-state index in [1.807, 2.05) is 18.7 Å². The van der Waals surface area contributed by atoms with E-state index in [4.69, 9.17) is 23.2 Å². The molecule has 0 N–H and O–H groups in total. The molecule has 1 aromatic heterocycles. The lowest BCUT2D eigenvalue weighted by Crippen LogP contribution is -2.25. The zero-order chi connectivity index (χ0) is 11.9. The molecule has 0 saturated heterocycles. The molecule has 1 atom stereocenters. The van der Waals surface area contributed by atoms with Crippen molar-refractivity contribution in [3.63, 3.8) is 0 Å². The van der Waals surface area contributed by atoms with Crippen LogP contribution in [0.4, 0.5) is 0 Å². The van der Waals surface area contributed by atoms with E-state index in [0.717, 1.165) is 28.7 Å². The van der Waals surface area contributed by atoms with Crippen LogP contribution in [0.15, 0.2) is 0 Å². The summed E-state index contributed by atoms with van der Waals surface area (Å²) in [6, 6.07) is 0. The Morgan fingerprint density at radius 1 is 1.50 bits per heavy atom. The minimum absolute atomic E-state index is 0.172. The van der Waals surface area contributed by atoms with E-state index < -0.39 is 0 Å². The van der Waals surface area contributed by atoms with Gasteiger partial charge in [0.2, 0.25) is 0 Å². The summed E-state index contributed by atoms with van der Waals surface area (Å²) in [4.78, 5) is 0. The van der Waals surface area contributed by atoms with Crippen molar-refractivity contribution in [1.29, 1.82) is 0 Å². The minimum Gasteiger partial charge on any atom is -0.271 e. The average molecular weight is 261 g/mol. The Morgan fingerprint density at radius 3 is 2.50 bits per heavy atom. The predicted molar refractivity (Wildman–Crippen MR) is 68.2 cm³/mol. The molecule has 0 amide bonds. The number of alkyl halides is 1. The van der Waals surface area contributed by atoms with Crippen molar-refractivity contribution in [2.75, 3.05) is 5.88 Å². The van der Waals surface area contributed by atoms with E-state index in [9.17, 15) is 0 Å². The van der Waals surface area contributed by atoms with E-state index in [1.54, 1.807) is 0 Å². The highest BCUT2D eigenvalue weighted by atomic mass is 35.5. The van der Waals surface area contributed by atoms with Crippen LogP contribution in [0.25, 0.3) is 0 Å². The van der Waals surface area contributed by atoms with Gasteiger partial charge in [0.15, 0.2) is 0 Å². The number of nitrogens with zero attached hydrogens (tertiary/aromatic N) is 2. The molecule has 1 heterocycles. The third kappa shape index (κ3) is 2.10. The topological polar surface area (TPSA) is 17.8 Å². The molecule has 1 aromatic rings. The smallest absolute Gasteiger partial charge is 0.0847 e. The summed E-state index contributed by atoms with van der Waals surface area (Å²) >= 11 is 12.4. The summed E-state index contributed by atoms with van der Waals surface area (Å²) in [5.41, 5.74) is 2.20. The van der Waals surface area contributed by atoms with Gasteiger partial charge in [-0.2, -0.15) is 5.10 Å². The molecule has 1 aliphatic carbocycles. The first-order valence-corrected chi connectivity index (χ1v) is 6.63. The van der Waals surface area contributed by atoms with Gasteiger partial charge in [0.1, 0.15) is 0 Å². The molecule has 0 bridgehead atoms. The van der Waals surface area contributed by atoms with Crippen LogP contribution in [0.1, 0.15) is 31.2 Å². The summed E-state index contributed by atoms with van der Waals surface area (Å²) in [5, 5.41) is 5.16. The molecule has 4 heteroatoms. The molecular weight excluding hydrogens is 243 g/mol. The largest absolute Gasteiger partial charge is 0.271 e. The number of aryl methyl sites for hydroxylation is 2. The number of halogens is 2. The molecule has 2 rings (SSSR count). The molecule has 1 aliphatic rings. The minimum atomic E-state index is 0.172. The molecule has 0 aliphatic heterocycles. The fourth-order valence-electron chi connectivity index (χ4n) is 2.34. The lowest BCUT2D eigenvalue weighted by Gasteiger charge is -2.27. The van der Waals surface area contributed by atoms with Crippen LogP contribution in [-0.2, 0) is 13.5 Å². The molecule has 90 valence electrons. The number of hydrogen-bond donors (Lipinski definition) is 0. The Labute approximate surface area is 107 Å². The highest BCUT2D eigenvalue weighted by Crippen LogP contribution is 2.48. The maximum absolute atomic E-state index is 6.28. The summed E-state index contributed by atoms with van der Waals surface area (Å²) in [7, 11) is 1.95. The Balaban J connectivity index is 2.25. The average Bonchev–Trinajstić information content (AvgIpc) is 3.05. The standard InChI is InChI=1S/C12H18Cl2N2/c1-8-11(14)10(16(3)15-8)6-12(2,7-13)9-4-5-9/h9H,4-7H2,1-3H3. The Morgan fingerprint density at radius 2 is 2.12 bits per heavy atom. The first kappa shape index (κ1) is 12.3.